The molecule has 21 heavy (non-hydrogen) atoms. The molecule has 3 rings (SSSR count). The van der Waals surface area contributed by atoms with Gasteiger partial charge in [-0.2, -0.15) is 11.3 Å². The number of thiophene rings is 1. The lowest BCUT2D eigenvalue weighted by molar-refractivity contribution is -0.124. The zero-order valence-corrected chi connectivity index (χ0v) is 13.0. The van der Waals surface area contributed by atoms with Crippen molar-refractivity contribution in [1.29, 1.82) is 0 Å². The lowest BCUT2D eigenvalue weighted by Gasteiger charge is -2.35. The Labute approximate surface area is 129 Å². The molecule has 4 heteroatoms. The van der Waals surface area contributed by atoms with Crippen molar-refractivity contribution in [2.24, 2.45) is 11.8 Å². The van der Waals surface area contributed by atoms with Crippen molar-refractivity contribution < 1.29 is 4.79 Å². The van der Waals surface area contributed by atoms with Crippen LogP contribution in [0.3, 0.4) is 0 Å². The highest BCUT2D eigenvalue weighted by Gasteiger charge is 2.32. The van der Waals surface area contributed by atoms with Crippen LogP contribution in [-0.4, -0.2) is 19.0 Å². The minimum atomic E-state index is 0.0603. The number of rotatable bonds is 5. The van der Waals surface area contributed by atoms with Crippen LogP contribution in [0.15, 0.2) is 47.2 Å². The van der Waals surface area contributed by atoms with Crippen LogP contribution in [0.5, 0.6) is 0 Å². The van der Waals surface area contributed by atoms with E-state index in [1.807, 2.05) is 35.2 Å². The fraction of sp³-hybridized carbons (Fsp3) is 0.353. The van der Waals surface area contributed by atoms with E-state index in [-0.39, 0.29) is 11.8 Å². The van der Waals surface area contributed by atoms with Crippen molar-refractivity contribution in [3.8, 4) is 0 Å². The molecule has 0 aliphatic carbocycles. The standard InChI is InChI=1S/C17H20N2OS/c1-13(15-9-18-10-15)17(20)19(11-14-7-8-21-12-14)16-5-3-2-4-6-16/h2-8,12-13,15,18H,9-11H2,1H3. The van der Waals surface area contributed by atoms with E-state index in [0.717, 1.165) is 18.8 Å². The Balaban J connectivity index is 1.82. The average Bonchev–Trinajstić information content (AvgIpc) is 2.96. The van der Waals surface area contributed by atoms with E-state index < -0.39 is 0 Å². The van der Waals surface area contributed by atoms with Crippen LogP contribution in [0.25, 0.3) is 0 Å². The molecule has 1 amide bonds. The molecule has 1 atom stereocenters. The van der Waals surface area contributed by atoms with Gasteiger partial charge in [0.1, 0.15) is 0 Å². The highest BCUT2D eigenvalue weighted by Crippen LogP contribution is 2.25. The molecule has 1 N–H and O–H groups in total. The highest BCUT2D eigenvalue weighted by atomic mass is 32.1. The molecule has 110 valence electrons. The first-order chi connectivity index (χ1) is 10.3. The summed E-state index contributed by atoms with van der Waals surface area (Å²) in [4.78, 5) is 14.8. The molecule has 0 saturated carbocycles. The number of para-hydroxylation sites is 1. The minimum Gasteiger partial charge on any atom is -0.316 e. The van der Waals surface area contributed by atoms with Crippen LogP contribution in [0.4, 0.5) is 5.69 Å². The number of hydrogen-bond acceptors (Lipinski definition) is 3. The first-order valence-corrected chi connectivity index (χ1v) is 8.28. The Morgan fingerprint density at radius 2 is 2.10 bits per heavy atom. The highest BCUT2D eigenvalue weighted by molar-refractivity contribution is 7.07. The number of carbonyl (C=O) groups excluding carboxylic acids is 1. The molecule has 1 aliphatic rings. The van der Waals surface area contributed by atoms with Gasteiger partial charge in [0.25, 0.3) is 0 Å². The molecule has 0 radical (unpaired) electrons. The maximum atomic E-state index is 12.9. The minimum absolute atomic E-state index is 0.0603. The fourth-order valence-electron chi connectivity index (χ4n) is 2.58. The summed E-state index contributed by atoms with van der Waals surface area (Å²) < 4.78 is 0. The number of hydrogen-bond donors (Lipinski definition) is 1. The number of nitrogens with zero attached hydrogens (tertiary/aromatic N) is 1. The third-order valence-corrected chi connectivity index (χ3v) is 4.90. The van der Waals surface area contributed by atoms with Crippen LogP contribution in [0, 0.1) is 11.8 Å². The van der Waals surface area contributed by atoms with Gasteiger partial charge in [-0.25, -0.2) is 0 Å². The second-order valence-corrected chi connectivity index (χ2v) is 6.38. The van der Waals surface area contributed by atoms with Gasteiger partial charge in [0, 0.05) is 11.6 Å². The fourth-order valence-corrected chi connectivity index (χ4v) is 3.24. The van der Waals surface area contributed by atoms with Gasteiger partial charge in [-0.05, 0) is 53.5 Å². The van der Waals surface area contributed by atoms with E-state index in [2.05, 4.69) is 29.1 Å². The lowest BCUT2D eigenvalue weighted by Crippen LogP contribution is -2.50. The van der Waals surface area contributed by atoms with E-state index in [1.54, 1.807) is 11.3 Å². The van der Waals surface area contributed by atoms with Gasteiger partial charge in [-0.3, -0.25) is 4.79 Å². The molecule has 2 heterocycles. The monoisotopic (exact) mass is 300 g/mol. The molecule has 2 aromatic rings. The third-order valence-electron chi connectivity index (χ3n) is 4.16. The summed E-state index contributed by atoms with van der Waals surface area (Å²) in [5.41, 5.74) is 2.17. The predicted octanol–water partition coefficient (Wildman–Crippen LogP) is 3.14. The van der Waals surface area contributed by atoms with Crippen molar-refractivity contribution in [3.63, 3.8) is 0 Å². The van der Waals surface area contributed by atoms with Crippen LogP contribution in [-0.2, 0) is 11.3 Å². The molecule has 1 unspecified atom stereocenters. The Morgan fingerprint density at radius 3 is 2.67 bits per heavy atom. The Bertz CT molecular complexity index is 578. The third kappa shape index (κ3) is 3.17. The van der Waals surface area contributed by atoms with Crippen molar-refractivity contribution >= 4 is 22.9 Å². The normalized spacial score (nSPS) is 16.2. The largest absolute Gasteiger partial charge is 0.316 e. The Morgan fingerprint density at radius 1 is 1.33 bits per heavy atom. The molecule has 0 bridgehead atoms. The number of benzene rings is 1. The number of nitrogens with one attached hydrogen (secondary N) is 1. The van der Waals surface area contributed by atoms with Gasteiger partial charge in [0.15, 0.2) is 0 Å². The molecule has 1 fully saturated rings. The maximum absolute atomic E-state index is 12.9. The SMILES string of the molecule is CC(C(=O)N(Cc1ccsc1)c1ccccc1)C1CNC1. The summed E-state index contributed by atoms with van der Waals surface area (Å²) in [6.07, 6.45) is 0. The van der Waals surface area contributed by atoms with Crippen molar-refractivity contribution in [1.82, 2.24) is 5.32 Å². The molecule has 1 aliphatic heterocycles. The lowest BCUT2D eigenvalue weighted by atomic mass is 9.87. The first-order valence-electron chi connectivity index (χ1n) is 7.34. The molecule has 1 aromatic heterocycles. The summed E-state index contributed by atoms with van der Waals surface area (Å²) in [7, 11) is 0. The molecule has 1 aromatic carbocycles. The quantitative estimate of drug-likeness (QED) is 0.920. The van der Waals surface area contributed by atoms with Gasteiger partial charge < -0.3 is 10.2 Å². The molecule has 3 nitrogen and oxygen atoms in total. The van der Waals surface area contributed by atoms with Crippen LogP contribution in [0.1, 0.15) is 12.5 Å². The zero-order valence-electron chi connectivity index (χ0n) is 12.2. The van der Waals surface area contributed by atoms with Crippen LogP contribution < -0.4 is 10.2 Å². The van der Waals surface area contributed by atoms with Crippen LogP contribution >= 0.6 is 11.3 Å². The second kappa shape index (κ2) is 6.41. The zero-order chi connectivity index (χ0) is 14.7. The van der Waals surface area contributed by atoms with E-state index in [9.17, 15) is 4.79 Å². The molecular formula is C17H20N2OS. The van der Waals surface area contributed by atoms with Gasteiger partial charge in [0.05, 0.1) is 6.54 Å². The summed E-state index contributed by atoms with van der Waals surface area (Å²) in [5.74, 6) is 0.746. The number of anilines is 1. The second-order valence-electron chi connectivity index (χ2n) is 5.60. The van der Waals surface area contributed by atoms with E-state index in [0.29, 0.717) is 12.5 Å². The maximum Gasteiger partial charge on any atom is 0.230 e. The van der Waals surface area contributed by atoms with E-state index in [1.165, 1.54) is 5.56 Å². The Hall–Kier alpha value is -1.65. The van der Waals surface area contributed by atoms with Gasteiger partial charge in [-0.1, -0.05) is 25.1 Å². The predicted molar refractivity (Wildman–Crippen MR) is 87.5 cm³/mol. The summed E-state index contributed by atoms with van der Waals surface area (Å²) in [6, 6.07) is 12.1. The molecule has 0 spiro atoms. The molecule has 1 saturated heterocycles. The topological polar surface area (TPSA) is 32.3 Å². The Kier molecular flexibility index (Phi) is 4.36. The summed E-state index contributed by atoms with van der Waals surface area (Å²) in [6.45, 7) is 4.61. The van der Waals surface area contributed by atoms with Crippen LogP contribution in [0.2, 0.25) is 0 Å². The summed E-state index contributed by atoms with van der Waals surface area (Å²) in [5, 5.41) is 7.42. The summed E-state index contributed by atoms with van der Waals surface area (Å²) >= 11 is 1.67. The van der Waals surface area contributed by atoms with Gasteiger partial charge in [-0.15, -0.1) is 0 Å². The first kappa shape index (κ1) is 14.3. The van der Waals surface area contributed by atoms with Crippen molar-refractivity contribution in [3.05, 3.63) is 52.7 Å². The molecular weight excluding hydrogens is 280 g/mol. The number of carbonyl (C=O) groups is 1. The van der Waals surface area contributed by atoms with Crippen molar-refractivity contribution in [2.75, 3.05) is 18.0 Å². The average molecular weight is 300 g/mol. The van der Waals surface area contributed by atoms with E-state index >= 15 is 0 Å². The smallest absolute Gasteiger partial charge is 0.230 e. The van der Waals surface area contributed by atoms with Crippen molar-refractivity contribution in [2.45, 2.75) is 13.5 Å². The van der Waals surface area contributed by atoms with Gasteiger partial charge in [0.2, 0.25) is 5.91 Å². The van der Waals surface area contributed by atoms with E-state index in [4.69, 9.17) is 0 Å². The van der Waals surface area contributed by atoms with Gasteiger partial charge >= 0.3 is 0 Å². The number of amides is 1.